The number of hydrogen-bond acceptors (Lipinski definition) is 5. The van der Waals surface area contributed by atoms with Gasteiger partial charge in [-0.3, -0.25) is 4.98 Å². The molecule has 1 aliphatic carbocycles. The van der Waals surface area contributed by atoms with Gasteiger partial charge < -0.3 is 9.84 Å². The Kier molecular flexibility index (Phi) is 5.19. The number of phenolic OH excluding ortho intramolecular Hbond substituents is 1. The van der Waals surface area contributed by atoms with E-state index in [4.69, 9.17) is 4.74 Å². The van der Waals surface area contributed by atoms with Crippen molar-refractivity contribution in [2.45, 2.75) is 44.9 Å². The maximum absolute atomic E-state index is 13.9. The van der Waals surface area contributed by atoms with Crippen LogP contribution in [0.15, 0.2) is 48.7 Å². The predicted octanol–water partition coefficient (Wildman–Crippen LogP) is 4.88. The number of phenols is 1. The number of rotatable bonds is 4. The number of pyridine rings is 1. The highest BCUT2D eigenvalue weighted by molar-refractivity contribution is 5.73. The van der Waals surface area contributed by atoms with Gasteiger partial charge in [0.1, 0.15) is 18.0 Å². The van der Waals surface area contributed by atoms with E-state index in [1.807, 2.05) is 25.1 Å². The Morgan fingerprint density at radius 3 is 2.50 bits per heavy atom. The molecule has 144 valence electrons. The van der Waals surface area contributed by atoms with Gasteiger partial charge in [-0.05, 0) is 56.0 Å². The van der Waals surface area contributed by atoms with E-state index >= 15 is 0 Å². The molecule has 1 saturated carbocycles. The highest BCUT2D eigenvalue weighted by Gasteiger charge is 2.26. The van der Waals surface area contributed by atoms with Gasteiger partial charge in [-0.1, -0.05) is 18.6 Å². The van der Waals surface area contributed by atoms with E-state index in [-0.39, 0.29) is 5.75 Å². The van der Waals surface area contributed by atoms with Crippen molar-refractivity contribution in [3.8, 4) is 34.0 Å². The first-order valence-corrected chi connectivity index (χ1v) is 9.51. The van der Waals surface area contributed by atoms with Crippen molar-refractivity contribution >= 4 is 0 Å². The van der Waals surface area contributed by atoms with Crippen molar-refractivity contribution in [3.05, 3.63) is 54.4 Å². The van der Waals surface area contributed by atoms with Gasteiger partial charge >= 0.3 is 0 Å². The monoisotopic (exact) mass is 379 g/mol. The Morgan fingerprint density at radius 1 is 1.00 bits per heavy atom. The van der Waals surface area contributed by atoms with Crippen LogP contribution in [0.3, 0.4) is 0 Å². The normalized spacial score (nSPS) is 19.4. The van der Waals surface area contributed by atoms with Crippen LogP contribution in [0.5, 0.6) is 11.6 Å². The molecule has 28 heavy (non-hydrogen) atoms. The topological polar surface area (TPSA) is 68.1 Å². The van der Waals surface area contributed by atoms with Crippen LogP contribution in [0, 0.1) is 6.92 Å². The number of aromatic nitrogens is 3. The lowest BCUT2D eigenvalue weighted by atomic mass is 9.96. The molecule has 2 atom stereocenters. The zero-order valence-electron chi connectivity index (χ0n) is 15.7. The van der Waals surface area contributed by atoms with E-state index in [2.05, 4.69) is 15.2 Å². The van der Waals surface area contributed by atoms with Gasteiger partial charge in [0, 0.05) is 29.1 Å². The first-order valence-electron chi connectivity index (χ1n) is 9.51. The number of alkyl halides is 1. The molecule has 0 radical (unpaired) electrons. The van der Waals surface area contributed by atoms with E-state index in [1.165, 1.54) is 0 Å². The Balaban J connectivity index is 1.51. The fourth-order valence-corrected chi connectivity index (χ4v) is 3.43. The number of aryl methyl sites for hydroxylation is 1. The van der Waals surface area contributed by atoms with Crippen LogP contribution in [-0.4, -0.2) is 32.6 Å². The van der Waals surface area contributed by atoms with Crippen LogP contribution in [0.1, 0.15) is 31.4 Å². The smallest absolute Gasteiger partial charge is 0.233 e. The molecule has 0 unspecified atom stereocenters. The standard InChI is InChI=1S/C22H22FN3O2/c1-14-6-7-16(13-24-14)15-8-9-17(20(27)12-15)19-10-11-22(26-25-19)28-21-5-3-2-4-18(21)23/h6-13,18,21,27H,2-5H2,1H3/t18-,21+/m1/s1. The number of aromatic hydroxyl groups is 1. The molecule has 2 aromatic heterocycles. The van der Waals surface area contributed by atoms with Gasteiger partial charge in [-0.25, -0.2) is 4.39 Å². The lowest BCUT2D eigenvalue weighted by Crippen LogP contribution is -2.32. The summed E-state index contributed by atoms with van der Waals surface area (Å²) in [4.78, 5) is 4.28. The molecule has 2 heterocycles. The summed E-state index contributed by atoms with van der Waals surface area (Å²) in [7, 11) is 0. The number of benzene rings is 1. The molecule has 6 heteroatoms. The number of ether oxygens (including phenoxy) is 1. The van der Waals surface area contributed by atoms with Crippen LogP contribution < -0.4 is 4.74 Å². The van der Waals surface area contributed by atoms with Crippen LogP contribution in [0.4, 0.5) is 4.39 Å². The maximum atomic E-state index is 13.9. The Bertz CT molecular complexity index is 945. The summed E-state index contributed by atoms with van der Waals surface area (Å²) in [5.74, 6) is 0.414. The second-order valence-corrected chi connectivity index (χ2v) is 7.13. The van der Waals surface area contributed by atoms with Crippen molar-refractivity contribution in [2.75, 3.05) is 0 Å². The highest BCUT2D eigenvalue weighted by Crippen LogP contribution is 2.33. The molecular formula is C22H22FN3O2. The molecule has 0 amide bonds. The SMILES string of the molecule is Cc1ccc(-c2ccc(-c3ccc(O[C@H]4CCCC[C@H]4F)nn3)c(O)c2)cn1. The summed E-state index contributed by atoms with van der Waals surface area (Å²) in [5.41, 5.74) is 3.83. The quantitative estimate of drug-likeness (QED) is 0.700. The van der Waals surface area contributed by atoms with Crippen molar-refractivity contribution in [1.29, 1.82) is 0 Å². The lowest BCUT2D eigenvalue weighted by Gasteiger charge is -2.25. The Hall–Kier alpha value is -3.02. The molecule has 1 fully saturated rings. The maximum Gasteiger partial charge on any atom is 0.233 e. The minimum atomic E-state index is -0.955. The van der Waals surface area contributed by atoms with Gasteiger partial charge in [-0.2, -0.15) is 0 Å². The van der Waals surface area contributed by atoms with Crippen LogP contribution >= 0.6 is 0 Å². The first-order chi connectivity index (χ1) is 13.6. The van der Waals surface area contributed by atoms with E-state index in [0.717, 1.165) is 29.7 Å². The Morgan fingerprint density at radius 2 is 1.82 bits per heavy atom. The van der Waals surface area contributed by atoms with Crippen molar-refractivity contribution < 1.29 is 14.2 Å². The molecular weight excluding hydrogens is 357 g/mol. The Labute approximate surface area is 163 Å². The van der Waals surface area contributed by atoms with Gasteiger partial charge in [0.25, 0.3) is 0 Å². The molecule has 0 saturated heterocycles. The number of hydrogen-bond donors (Lipinski definition) is 1. The van der Waals surface area contributed by atoms with Crippen LogP contribution in [0.2, 0.25) is 0 Å². The van der Waals surface area contributed by atoms with E-state index in [0.29, 0.717) is 30.0 Å². The average Bonchev–Trinajstić information content (AvgIpc) is 2.71. The van der Waals surface area contributed by atoms with Crippen molar-refractivity contribution in [2.24, 2.45) is 0 Å². The summed E-state index contributed by atoms with van der Waals surface area (Å²) >= 11 is 0. The molecule has 0 bridgehead atoms. The van der Waals surface area contributed by atoms with Crippen molar-refractivity contribution in [3.63, 3.8) is 0 Å². The van der Waals surface area contributed by atoms with E-state index in [9.17, 15) is 9.50 Å². The van der Waals surface area contributed by atoms with Gasteiger partial charge in [0.05, 0.1) is 5.69 Å². The summed E-state index contributed by atoms with van der Waals surface area (Å²) in [6.45, 7) is 1.93. The molecule has 1 aliphatic rings. The molecule has 0 aliphatic heterocycles. The average molecular weight is 379 g/mol. The molecule has 0 spiro atoms. The first kappa shape index (κ1) is 18.3. The van der Waals surface area contributed by atoms with E-state index in [1.54, 1.807) is 30.5 Å². The third-order valence-corrected chi connectivity index (χ3v) is 5.05. The predicted molar refractivity (Wildman–Crippen MR) is 105 cm³/mol. The molecule has 1 N–H and O–H groups in total. The van der Waals surface area contributed by atoms with Gasteiger partial charge in [0.2, 0.25) is 5.88 Å². The number of halogens is 1. The molecule has 3 aromatic rings. The van der Waals surface area contributed by atoms with Crippen molar-refractivity contribution in [1.82, 2.24) is 15.2 Å². The minimum Gasteiger partial charge on any atom is -0.507 e. The minimum absolute atomic E-state index is 0.108. The van der Waals surface area contributed by atoms with Gasteiger partial charge in [-0.15, -0.1) is 10.2 Å². The highest BCUT2D eigenvalue weighted by atomic mass is 19.1. The van der Waals surface area contributed by atoms with E-state index < -0.39 is 12.3 Å². The third-order valence-electron chi connectivity index (χ3n) is 5.05. The molecule has 4 rings (SSSR count). The summed E-state index contributed by atoms with van der Waals surface area (Å²) in [6, 6.07) is 12.7. The summed E-state index contributed by atoms with van der Waals surface area (Å²) in [5, 5.41) is 18.7. The second kappa shape index (κ2) is 7.92. The summed E-state index contributed by atoms with van der Waals surface area (Å²) in [6.07, 6.45) is 3.47. The third kappa shape index (κ3) is 3.96. The summed E-state index contributed by atoms with van der Waals surface area (Å²) < 4.78 is 19.6. The van der Waals surface area contributed by atoms with Crippen LogP contribution in [-0.2, 0) is 0 Å². The van der Waals surface area contributed by atoms with Crippen LogP contribution in [0.25, 0.3) is 22.4 Å². The fraction of sp³-hybridized carbons (Fsp3) is 0.318. The fourth-order valence-electron chi connectivity index (χ4n) is 3.43. The van der Waals surface area contributed by atoms with Gasteiger partial charge in [0.15, 0.2) is 0 Å². The molecule has 5 nitrogen and oxygen atoms in total. The zero-order valence-corrected chi connectivity index (χ0v) is 15.7. The zero-order chi connectivity index (χ0) is 19.5. The lowest BCUT2D eigenvalue weighted by molar-refractivity contribution is 0.0594. The largest absolute Gasteiger partial charge is 0.507 e. The second-order valence-electron chi connectivity index (χ2n) is 7.13. The molecule has 1 aromatic carbocycles. The number of nitrogens with zero attached hydrogens (tertiary/aromatic N) is 3.